The van der Waals surface area contributed by atoms with Gasteiger partial charge in [0.15, 0.2) is 0 Å². The van der Waals surface area contributed by atoms with Gasteiger partial charge in [0.2, 0.25) is 5.91 Å². The Kier molecular flexibility index (Phi) is 6.20. The molecule has 0 unspecified atom stereocenters. The van der Waals surface area contributed by atoms with Gasteiger partial charge in [-0.1, -0.05) is 35.0 Å². The molecule has 0 radical (unpaired) electrons. The summed E-state index contributed by atoms with van der Waals surface area (Å²) in [6, 6.07) is 7.11. The monoisotopic (exact) mass is 363 g/mol. The highest BCUT2D eigenvalue weighted by atomic mass is 35.5. The van der Waals surface area contributed by atoms with E-state index in [2.05, 4.69) is 5.16 Å². The molecular formula is C18H22ClN3O3. The fourth-order valence-electron chi connectivity index (χ4n) is 2.60. The molecule has 0 atom stereocenters. The lowest BCUT2D eigenvalue weighted by Gasteiger charge is -2.23. The summed E-state index contributed by atoms with van der Waals surface area (Å²) < 4.78 is 5.22. The van der Waals surface area contributed by atoms with Gasteiger partial charge in [0.25, 0.3) is 5.91 Å². The molecule has 0 aliphatic rings. The number of aryl methyl sites for hydroxylation is 1. The minimum absolute atomic E-state index is 0.00685. The van der Waals surface area contributed by atoms with Crippen LogP contribution in [-0.4, -0.2) is 53.5 Å². The van der Waals surface area contributed by atoms with Crippen molar-refractivity contribution in [3.8, 4) is 11.3 Å². The first-order valence-corrected chi connectivity index (χ1v) is 8.52. The Labute approximate surface area is 152 Å². The largest absolute Gasteiger partial charge is 0.360 e. The predicted molar refractivity (Wildman–Crippen MR) is 96.6 cm³/mol. The first-order valence-electron chi connectivity index (χ1n) is 8.15. The number of hydrogen-bond donors (Lipinski definition) is 0. The van der Waals surface area contributed by atoms with Gasteiger partial charge < -0.3 is 14.3 Å². The van der Waals surface area contributed by atoms with Crippen molar-refractivity contribution in [1.82, 2.24) is 15.0 Å². The summed E-state index contributed by atoms with van der Waals surface area (Å²) in [5, 5.41) is 4.47. The number of carbonyl (C=O) groups excluding carboxylic acids is 2. The molecule has 6 nitrogen and oxygen atoms in total. The summed E-state index contributed by atoms with van der Waals surface area (Å²) in [5.41, 5.74) is 1.33. The maximum absolute atomic E-state index is 12.9. The van der Waals surface area contributed by atoms with E-state index in [1.54, 1.807) is 37.1 Å². The third-order valence-electron chi connectivity index (χ3n) is 4.04. The fourth-order valence-corrected chi connectivity index (χ4v) is 2.83. The number of halogens is 1. The van der Waals surface area contributed by atoms with Crippen molar-refractivity contribution in [2.24, 2.45) is 0 Å². The number of carbonyl (C=O) groups is 2. The van der Waals surface area contributed by atoms with Crippen molar-refractivity contribution in [2.75, 3.05) is 26.7 Å². The Morgan fingerprint density at radius 2 is 1.84 bits per heavy atom. The van der Waals surface area contributed by atoms with Crippen molar-refractivity contribution in [3.63, 3.8) is 0 Å². The quantitative estimate of drug-likeness (QED) is 0.790. The van der Waals surface area contributed by atoms with Gasteiger partial charge in [-0.3, -0.25) is 9.59 Å². The van der Waals surface area contributed by atoms with Crippen LogP contribution in [0.5, 0.6) is 0 Å². The van der Waals surface area contributed by atoms with Crippen molar-refractivity contribution in [1.29, 1.82) is 0 Å². The second-order valence-electron chi connectivity index (χ2n) is 5.67. The minimum atomic E-state index is -0.325. The number of nitrogens with zero attached hydrogens (tertiary/aromatic N) is 3. The molecule has 0 saturated heterocycles. The highest BCUT2D eigenvalue weighted by molar-refractivity contribution is 6.33. The molecule has 0 saturated carbocycles. The van der Waals surface area contributed by atoms with Crippen LogP contribution in [0.2, 0.25) is 5.02 Å². The van der Waals surface area contributed by atoms with Gasteiger partial charge in [0.05, 0.1) is 11.6 Å². The van der Waals surface area contributed by atoms with Crippen molar-refractivity contribution >= 4 is 23.4 Å². The standard InChI is InChI=1S/C18H22ClN3O3/c1-5-22(6-2)15(23)11-21(4)18(24)16-12(3)25-20-17(16)13-9-7-8-10-14(13)19/h7-10H,5-6,11H2,1-4H3. The van der Waals surface area contributed by atoms with E-state index in [1.165, 1.54) is 4.90 Å². The Bertz CT molecular complexity index is 769. The Morgan fingerprint density at radius 1 is 1.20 bits per heavy atom. The first kappa shape index (κ1) is 19.0. The topological polar surface area (TPSA) is 66.7 Å². The Hall–Kier alpha value is -2.34. The van der Waals surface area contributed by atoms with Crippen LogP contribution in [0.1, 0.15) is 30.0 Å². The second-order valence-corrected chi connectivity index (χ2v) is 6.08. The molecule has 2 rings (SSSR count). The summed E-state index contributed by atoms with van der Waals surface area (Å²) in [6.45, 7) is 6.68. The van der Waals surface area contributed by atoms with Crippen LogP contribution in [0, 0.1) is 6.92 Å². The molecule has 0 spiro atoms. The van der Waals surface area contributed by atoms with Crippen LogP contribution in [0.25, 0.3) is 11.3 Å². The number of aromatic nitrogens is 1. The third kappa shape index (κ3) is 4.02. The summed E-state index contributed by atoms with van der Waals surface area (Å²) in [4.78, 5) is 28.2. The van der Waals surface area contributed by atoms with E-state index in [4.69, 9.17) is 16.1 Å². The average molecular weight is 364 g/mol. The second kappa shape index (κ2) is 8.16. The lowest BCUT2D eigenvalue weighted by Crippen LogP contribution is -2.41. The zero-order chi connectivity index (χ0) is 18.6. The maximum Gasteiger partial charge on any atom is 0.259 e. The van der Waals surface area contributed by atoms with Crippen molar-refractivity contribution in [2.45, 2.75) is 20.8 Å². The van der Waals surface area contributed by atoms with Gasteiger partial charge in [0.1, 0.15) is 17.0 Å². The molecule has 134 valence electrons. The van der Waals surface area contributed by atoms with E-state index in [0.717, 1.165) is 0 Å². The number of hydrogen-bond acceptors (Lipinski definition) is 4. The van der Waals surface area contributed by atoms with E-state index in [1.807, 2.05) is 19.9 Å². The number of benzene rings is 1. The molecule has 2 aromatic rings. The van der Waals surface area contributed by atoms with Crippen molar-refractivity contribution in [3.05, 3.63) is 40.6 Å². The van der Waals surface area contributed by atoms with E-state index >= 15 is 0 Å². The molecule has 0 bridgehead atoms. The summed E-state index contributed by atoms with van der Waals surface area (Å²) in [7, 11) is 1.59. The molecule has 1 aromatic heterocycles. The van der Waals surface area contributed by atoms with E-state index in [0.29, 0.717) is 40.7 Å². The predicted octanol–water partition coefficient (Wildman–Crippen LogP) is 3.24. The molecule has 0 aliphatic carbocycles. The molecule has 0 fully saturated rings. The fraction of sp³-hybridized carbons (Fsp3) is 0.389. The normalized spacial score (nSPS) is 10.6. The molecule has 25 heavy (non-hydrogen) atoms. The van der Waals surface area contributed by atoms with Crippen LogP contribution in [0.15, 0.2) is 28.8 Å². The summed E-state index contributed by atoms with van der Waals surface area (Å²) in [5.74, 6) is -0.0366. The Balaban J connectivity index is 2.30. The number of likely N-dealkylation sites (N-methyl/N-ethyl adjacent to an activating group) is 2. The highest BCUT2D eigenvalue weighted by Gasteiger charge is 2.27. The zero-order valence-electron chi connectivity index (χ0n) is 14.9. The molecule has 1 aromatic carbocycles. The summed E-state index contributed by atoms with van der Waals surface area (Å²) >= 11 is 6.22. The van der Waals surface area contributed by atoms with E-state index in [9.17, 15) is 9.59 Å². The number of amides is 2. The van der Waals surface area contributed by atoms with Crippen LogP contribution in [-0.2, 0) is 4.79 Å². The van der Waals surface area contributed by atoms with Crippen LogP contribution in [0.4, 0.5) is 0 Å². The molecule has 1 heterocycles. The van der Waals surface area contributed by atoms with Gasteiger partial charge in [0, 0.05) is 25.7 Å². The molecule has 7 heteroatoms. The van der Waals surface area contributed by atoms with Gasteiger partial charge in [-0.05, 0) is 26.8 Å². The Morgan fingerprint density at radius 3 is 2.44 bits per heavy atom. The van der Waals surface area contributed by atoms with Crippen molar-refractivity contribution < 1.29 is 14.1 Å². The molecular weight excluding hydrogens is 342 g/mol. The van der Waals surface area contributed by atoms with E-state index in [-0.39, 0.29) is 18.4 Å². The highest BCUT2D eigenvalue weighted by Crippen LogP contribution is 2.31. The van der Waals surface area contributed by atoms with Crippen LogP contribution < -0.4 is 0 Å². The van der Waals surface area contributed by atoms with Gasteiger partial charge >= 0.3 is 0 Å². The van der Waals surface area contributed by atoms with Gasteiger partial charge in [-0.2, -0.15) is 0 Å². The molecule has 0 N–H and O–H groups in total. The minimum Gasteiger partial charge on any atom is -0.360 e. The zero-order valence-corrected chi connectivity index (χ0v) is 15.6. The smallest absolute Gasteiger partial charge is 0.259 e. The van der Waals surface area contributed by atoms with Gasteiger partial charge in [-0.15, -0.1) is 0 Å². The maximum atomic E-state index is 12.9. The molecule has 0 aliphatic heterocycles. The van der Waals surface area contributed by atoms with Crippen LogP contribution >= 0.6 is 11.6 Å². The number of rotatable bonds is 6. The lowest BCUT2D eigenvalue weighted by molar-refractivity contribution is -0.131. The average Bonchev–Trinajstić information content (AvgIpc) is 2.97. The van der Waals surface area contributed by atoms with E-state index < -0.39 is 0 Å². The summed E-state index contributed by atoms with van der Waals surface area (Å²) in [6.07, 6.45) is 0. The SMILES string of the molecule is CCN(CC)C(=O)CN(C)C(=O)c1c(-c2ccccc2Cl)noc1C. The van der Waals surface area contributed by atoms with Gasteiger partial charge in [-0.25, -0.2) is 0 Å². The van der Waals surface area contributed by atoms with Crippen LogP contribution in [0.3, 0.4) is 0 Å². The molecule has 2 amide bonds. The third-order valence-corrected chi connectivity index (χ3v) is 4.37. The lowest BCUT2D eigenvalue weighted by atomic mass is 10.1. The first-order chi connectivity index (χ1) is 11.9.